The summed E-state index contributed by atoms with van der Waals surface area (Å²) in [4.78, 5) is 0. The minimum atomic E-state index is 0. The highest BCUT2D eigenvalue weighted by Gasteiger charge is 2.26. The molecule has 0 bridgehead atoms. The first kappa shape index (κ1) is 13.4. The summed E-state index contributed by atoms with van der Waals surface area (Å²) in [5, 5.41) is 12.1. The fourth-order valence-electron chi connectivity index (χ4n) is 2.88. The van der Waals surface area contributed by atoms with E-state index in [-0.39, 0.29) is 12.4 Å². The van der Waals surface area contributed by atoms with Crippen molar-refractivity contribution in [1.29, 1.82) is 0 Å². The molecule has 0 amide bonds. The molecule has 1 N–H and O–H groups in total. The van der Waals surface area contributed by atoms with Crippen molar-refractivity contribution in [2.75, 3.05) is 6.54 Å². The molecule has 0 saturated carbocycles. The van der Waals surface area contributed by atoms with Gasteiger partial charge < -0.3 is 14.6 Å². The first-order chi connectivity index (χ1) is 9.42. The Morgan fingerprint density at radius 1 is 1.25 bits per heavy atom. The molecule has 0 unspecified atom stereocenters. The zero-order chi connectivity index (χ0) is 12.7. The van der Waals surface area contributed by atoms with E-state index in [1.54, 1.807) is 0 Å². The lowest BCUT2D eigenvalue weighted by Crippen LogP contribution is -2.19. The number of halogens is 1. The predicted molar refractivity (Wildman–Crippen MR) is 77.1 cm³/mol. The van der Waals surface area contributed by atoms with Crippen molar-refractivity contribution in [3.05, 3.63) is 41.5 Å². The summed E-state index contributed by atoms with van der Waals surface area (Å²) >= 11 is 0. The number of hydrogen-bond acceptors (Lipinski definition) is 4. The Bertz CT molecular complexity index is 607. The molecule has 4 rings (SSSR count). The summed E-state index contributed by atoms with van der Waals surface area (Å²) in [6.07, 6.45) is 2.35. The van der Waals surface area contributed by atoms with Crippen molar-refractivity contribution in [3.63, 3.8) is 0 Å². The molecule has 106 valence electrons. The van der Waals surface area contributed by atoms with E-state index in [1.165, 1.54) is 12.0 Å². The van der Waals surface area contributed by atoms with Crippen LogP contribution in [0.2, 0.25) is 0 Å². The Labute approximate surface area is 123 Å². The Balaban J connectivity index is 0.00000121. The third-order valence-electron chi connectivity index (χ3n) is 3.89. The zero-order valence-electron chi connectivity index (χ0n) is 11.1. The third-order valence-corrected chi connectivity index (χ3v) is 3.89. The molecule has 1 aromatic heterocycles. The monoisotopic (exact) mass is 292 g/mol. The molecule has 1 fully saturated rings. The van der Waals surface area contributed by atoms with Crippen LogP contribution in [0.1, 0.15) is 36.1 Å². The Kier molecular flexibility index (Phi) is 3.63. The quantitative estimate of drug-likeness (QED) is 0.874. The SMILES string of the molecule is Cl.c1ccc2c(c1)Cn1c(nnc1[C@@H]1CCCN1)CO2. The van der Waals surface area contributed by atoms with E-state index in [0.29, 0.717) is 12.6 Å². The van der Waals surface area contributed by atoms with Crippen LogP contribution in [-0.4, -0.2) is 21.3 Å². The minimum absolute atomic E-state index is 0. The van der Waals surface area contributed by atoms with Crippen LogP contribution in [0, 0.1) is 0 Å². The van der Waals surface area contributed by atoms with Crippen LogP contribution >= 0.6 is 12.4 Å². The minimum Gasteiger partial charge on any atom is -0.485 e. The molecule has 0 aliphatic carbocycles. The summed E-state index contributed by atoms with van der Waals surface area (Å²) in [6.45, 7) is 2.36. The maximum atomic E-state index is 5.81. The van der Waals surface area contributed by atoms with Gasteiger partial charge in [0, 0.05) is 5.56 Å². The fraction of sp³-hybridized carbons (Fsp3) is 0.429. The molecule has 3 heterocycles. The van der Waals surface area contributed by atoms with Gasteiger partial charge in [-0.1, -0.05) is 18.2 Å². The summed E-state index contributed by atoms with van der Waals surface area (Å²) in [7, 11) is 0. The molecule has 20 heavy (non-hydrogen) atoms. The molecule has 5 nitrogen and oxygen atoms in total. The van der Waals surface area contributed by atoms with Crippen molar-refractivity contribution in [2.24, 2.45) is 0 Å². The van der Waals surface area contributed by atoms with Crippen LogP contribution in [0.4, 0.5) is 0 Å². The maximum Gasteiger partial charge on any atom is 0.171 e. The molecule has 0 radical (unpaired) electrons. The molecule has 1 saturated heterocycles. The largest absolute Gasteiger partial charge is 0.485 e. The average molecular weight is 293 g/mol. The predicted octanol–water partition coefficient (Wildman–Crippen LogP) is 2.07. The van der Waals surface area contributed by atoms with Gasteiger partial charge in [0.25, 0.3) is 0 Å². The molecule has 2 aromatic rings. The van der Waals surface area contributed by atoms with Gasteiger partial charge in [-0.25, -0.2) is 0 Å². The summed E-state index contributed by atoms with van der Waals surface area (Å²) in [5.41, 5.74) is 1.19. The lowest BCUT2D eigenvalue weighted by Gasteiger charge is -2.12. The van der Waals surface area contributed by atoms with E-state index in [1.807, 2.05) is 18.2 Å². The number of benzene rings is 1. The number of nitrogens with zero attached hydrogens (tertiary/aromatic N) is 3. The van der Waals surface area contributed by atoms with Crippen LogP contribution in [0.25, 0.3) is 0 Å². The lowest BCUT2D eigenvalue weighted by molar-refractivity contribution is 0.297. The van der Waals surface area contributed by atoms with Crippen LogP contribution < -0.4 is 10.1 Å². The second kappa shape index (κ2) is 5.42. The van der Waals surface area contributed by atoms with Gasteiger partial charge in [-0.3, -0.25) is 0 Å². The lowest BCUT2D eigenvalue weighted by atomic mass is 10.2. The molecular weight excluding hydrogens is 276 g/mol. The van der Waals surface area contributed by atoms with Gasteiger partial charge in [-0.2, -0.15) is 0 Å². The van der Waals surface area contributed by atoms with Crippen molar-refractivity contribution < 1.29 is 4.74 Å². The molecule has 2 aliphatic rings. The summed E-state index contributed by atoms with van der Waals surface area (Å²) < 4.78 is 8.01. The van der Waals surface area contributed by atoms with Crippen LogP contribution in [0.15, 0.2) is 24.3 Å². The third kappa shape index (κ3) is 2.17. The average Bonchev–Trinajstić information content (AvgIpc) is 3.04. The second-order valence-electron chi connectivity index (χ2n) is 5.11. The first-order valence-electron chi connectivity index (χ1n) is 6.78. The van der Waals surface area contributed by atoms with Gasteiger partial charge in [0.1, 0.15) is 12.4 Å². The number of aromatic nitrogens is 3. The molecule has 1 aromatic carbocycles. The number of ether oxygens (including phenoxy) is 1. The van der Waals surface area contributed by atoms with Crippen LogP contribution in [0.5, 0.6) is 5.75 Å². The Morgan fingerprint density at radius 2 is 2.15 bits per heavy atom. The van der Waals surface area contributed by atoms with Crippen LogP contribution in [0.3, 0.4) is 0 Å². The maximum absolute atomic E-state index is 5.81. The number of para-hydroxylation sites is 1. The topological polar surface area (TPSA) is 52.0 Å². The highest BCUT2D eigenvalue weighted by molar-refractivity contribution is 5.85. The van der Waals surface area contributed by atoms with Crippen LogP contribution in [-0.2, 0) is 13.2 Å². The number of nitrogens with one attached hydrogen (secondary N) is 1. The Hall–Kier alpha value is -1.59. The second-order valence-corrected chi connectivity index (χ2v) is 5.11. The molecule has 2 aliphatic heterocycles. The smallest absolute Gasteiger partial charge is 0.171 e. The summed E-state index contributed by atoms with van der Waals surface area (Å²) in [5.74, 6) is 2.92. The zero-order valence-corrected chi connectivity index (χ0v) is 11.9. The van der Waals surface area contributed by atoms with E-state index >= 15 is 0 Å². The van der Waals surface area contributed by atoms with Gasteiger partial charge in [-0.15, -0.1) is 22.6 Å². The fourth-order valence-corrected chi connectivity index (χ4v) is 2.88. The van der Waals surface area contributed by atoms with E-state index < -0.39 is 0 Å². The van der Waals surface area contributed by atoms with Crippen molar-refractivity contribution in [2.45, 2.75) is 32.0 Å². The standard InChI is InChI=1S/C14H16N4O.ClH/c1-2-6-12-10(4-1)8-18-13(9-19-12)16-17-14(18)11-5-3-7-15-11;/h1-2,4,6,11,15H,3,5,7-9H2;1H/t11-;/m0./s1. The Morgan fingerprint density at radius 3 is 3.00 bits per heavy atom. The van der Waals surface area contributed by atoms with Gasteiger partial charge >= 0.3 is 0 Å². The number of fused-ring (bicyclic) bond motifs is 2. The van der Waals surface area contributed by atoms with E-state index in [9.17, 15) is 0 Å². The molecule has 6 heteroatoms. The molecule has 0 spiro atoms. The van der Waals surface area contributed by atoms with Gasteiger partial charge in [0.05, 0.1) is 12.6 Å². The summed E-state index contributed by atoms with van der Waals surface area (Å²) in [6, 6.07) is 8.51. The molecule has 1 atom stereocenters. The number of rotatable bonds is 1. The normalized spacial score (nSPS) is 20.3. The van der Waals surface area contributed by atoms with Crippen molar-refractivity contribution in [3.8, 4) is 5.75 Å². The van der Waals surface area contributed by atoms with Gasteiger partial charge in [0.15, 0.2) is 11.6 Å². The first-order valence-corrected chi connectivity index (χ1v) is 6.78. The number of hydrogen-bond donors (Lipinski definition) is 1. The molecular formula is C14H17ClN4O. The highest BCUT2D eigenvalue weighted by atomic mass is 35.5. The van der Waals surface area contributed by atoms with Crippen molar-refractivity contribution in [1.82, 2.24) is 20.1 Å². The van der Waals surface area contributed by atoms with Gasteiger partial charge in [0.2, 0.25) is 0 Å². The van der Waals surface area contributed by atoms with E-state index in [0.717, 1.165) is 36.9 Å². The van der Waals surface area contributed by atoms with Crippen molar-refractivity contribution >= 4 is 12.4 Å². The highest BCUT2D eigenvalue weighted by Crippen LogP contribution is 2.28. The van der Waals surface area contributed by atoms with Gasteiger partial charge in [-0.05, 0) is 25.5 Å². The van der Waals surface area contributed by atoms with E-state index in [4.69, 9.17) is 4.74 Å². The van der Waals surface area contributed by atoms with E-state index in [2.05, 4.69) is 26.1 Å².